The fourth-order valence-electron chi connectivity index (χ4n) is 3.43. The number of hydrogen-bond acceptors (Lipinski definition) is 4. The third kappa shape index (κ3) is 6.08. The molecule has 142 valence electrons. The van der Waals surface area contributed by atoms with Crippen LogP contribution in [0.15, 0.2) is 18.2 Å². The summed E-state index contributed by atoms with van der Waals surface area (Å²) in [6.45, 7) is 5.55. The molecule has 25 heavy (non-hydrogen) atoms. The monoisotopic (exact) mass is 370 g/mol. The lowest BCUT2D eigenvalue weighted by Gasteiger charge is -2.35. The van der Waals surface area contributed by atoms with Crippen LogP contribution >= 0.6 is 12.4 Å². The average molecular weight is 371 g/mol. The van der Waals surface area contributed by atoms with Crippen LogP contribution in [0.1, 0.15) is 52.4 Å². The number of benzene rings is 1. The first-order chi connectivity index (χ1) is 11.6. The number of amides is 1. The van der Waals surface area contributed by atoms with Crippen LogP contribution < -0.4 is 20.5 Å². The second-order valence-corrected chi connectivity index (χ2v) is 6.51. The smallest absolute Gasteiger partial charge is 0.225 e. The molecule has 0 heterocycles. The number of nitrogens with two attached hydrogens (primary N) is 1. The van der Waals surface area contributed by atoms with E-state index in [1.165, 1.54) is 6.42 Å². The molecule has 0 atom stereocenters. The molecule has 1 aromatic carbocycles. The van der Waals surface area contributed by atoms with E-state index >= 15 is 0 Å². The minimum atomic E-state index is -0.0500. The standard InChI is InChI=1S/C19H30N2O3.ClH/c1-3-23-15-8-9-17(24-4-2)16(12-15)21-18(22)13-19(14-20)10-6-5-7-11-19;/h8-9,12H,3-7,10-11,13-14,20H2,1-2H3,(H,21,22);1H. The predicted molar refractivity (Wildman–Crippen MR) is 104 cm³/mol. The maximum absolute atomic E-state index is 12.6. The van der Waals surface area contributed by atoms with Gasteiger partial charge in [-0.25, -0.2) is 0 Å². The van der Waals surface area contributed by atoms with Gasteiger partial charge in [-0.3, -0.25) is 4.79 Å². The van der Waals surface area contributed by atoms with Crippen LogP contribution in [0.5, 0.6) is 11.5 Å². The number of rotatable bonds is 8. The second kappa shape index (κ2) is 10.5. The molecule has 0 spiro atoms. The number of ether oxygens (including phenoxy) is 2. The van der Waals surface area contributed by atoms with Gasteiger partial charge in [0.1, 0.15) is 11.5 Å². The Labute approximate surface area is 157 Å². The number of anilines is 1. The maximum atomic E-state index is 12.6. The molecule has 0 aliphatic heterocycles. The van der Waals surface area contributed by atoms with Crippen LogP contribution in [-0.2, 0) is 4.79 Å². The molecule has 0 radical (unpaired) electrons. The topological polar surface area (TPSA) is 73.6 Å². The van der Waals surface area contributed by atoms with E-state index in [0.29, 0.717) is 37.6 Å². The Morgan fingerprint density at radius 2 is 1.84 bits per heavy atom. The van der Waals surface area contributed by atoms with E-state index in [1.807, 2.05) is 32.0 Å². The molecule has 0 aromatic heterocycles. The Hall–Kier alpha value is -1.46. The molecule has 2 rings (SSSR count). The van der Waals surface area contributed by atoms with E-state index in [4.69, 9.17) is 15.2 Å². The van der Waals surface area contributed by atoms with Crippen molar-refractivity contribution >= 4 is 24.0 Å². The number of carbonyl (C=O) groups excluding carboxylic acids is 1. The van der Waals surface area contributed by atoms with E-state index in [9.17, 15) is 4.79 Å². The summed E-state index contributed by atoms with van der Waals surface area (Å²) in [4.78, 5) is 12.6. The highest BCUT2D eigenvalue weighted by atomic mass is 35.5. The Kier molecular flexibility index (Phi) is 9.08. The molecular weight excluding hydrogens is 340 g/mol. The van der Waals surface area contributed by atoms with Crippen molar-refractivity contribution in [1.82, 2.24) is 0 Å². The van der Waals surface area contributed by atoms with Crippen molar-refractivity contribution in [2.75, 3.05) is 25.1 Å². The molecule has 1 amide bonds. The summed E-state index contributed by atoms with van der Waals surface area (Å²) in [5.41, 5.74) is 6.61. The van der Waals surface area contributed by atoms with Crippen LogP contribution in [0.2, 0.25) is 0 Å². The normalized spacial score (nSPS) is 15.8. The van der Waals surface area contributed by atoms with Gasteiger partial charge in [-0.2, -0.15) is 0 Å². The summed E-state index contributed by atoms with van der Waals surface area (Å²) in [5.74, 6) is 1.39. The lowest BCUT2D eigenvalue weighted by molar-refractivity contribution is -0.118. The number of nitrogens with one attached hydrogen (secondary N) is 1. The quantitative estimate of drug-likeness (QED) is 0.721. The Bertz CT molecular complexity index is 545. The molecule has 0 bridgehead atoms. The summed E-state index contributed by atoms with van der Waals surface area (Å²) in [7, 11) is 0. The predicted octanol–water partition coefficient (Wildman–Crippen LogP) is 4.14. The highest BCUT2D eigenvalue weighted by Gasteiger charge is 2.33. The molecule has 1 aromatic rings. The molecule has 1 aliphatic carbocycles. The Morgan fingerprint density at radius 1 is 1.16 bits per heavy atom. The molecule has 6 heteroatoms. The zero-order valence-electron chi connectivity index (χ0n) is 15.3. The first kappa shape index (κ1) is 21.6. The van der Waals surface area contributed by atoms with Crippen molar-refractivity contribution in [1.29, 1.82) is 0 Å². The molecule has 0 unspecified atom stereocenters. The van der Waals surface area contributed by atoms with Gasteiger partial charge in [-0.1, -0.05) is 19.3 Å². The minimum absolute atomic E-state index is 0. The van der Waals surface area contributed by atoms with E-state index < -0.39 is 0 Å². The molecular formula is C19H31ClN2O3. The van der Waals surface area contributed by atoms with Gasteiger partial charge in [0.15, 0.2) is 0 Å². The van der Waals surface area contributed by atoms with Gasteiger partial charge < -0.3 is 20.5 Å². The zero-order chi connectivity index (χ0) is 17.4. The fourth-order valence-corrected chi connectivity index (χ4v) is 3.43. The van der Waals surface area contributed by atoms with E-state index in [2.05, 4.69) is 5.32 Å². The van der Waals surface area contributed by atoms with Crippen molar-refractivity contribution in [2.24, 2.45) is 11.1 Å². The average Bonchev–Trinajstić information content (AvgIpc) is 2.58. The van der Waals surface area contributed by atoms with E-state index in [-0.39, 0.29) is 23.7 Å². The van der Waals surface area contributed by atoms with Gasteiger partial charge in [-0.15, -0.1) is 12.4 Å². The van der Waals surface area contributed by atoms with Gasteiger partial charge in [-0.05, 0) is 50.8 Å². The number of halogens is 1. The van der Waals surface area contributed by atoms with Gasteiger partial charge >= 0.3 is 0 Å². The first-order valence-electron chi connectivity index (χ1n) is 9.02. The minimum Gasteiger partial charge on any atom is -0.494 e. The van der Waals surface area contributed by atoms with Crippen LogP contribution in [-0.4, -0.2) is 25.7 Å². The highest BCUT2D eigenvalue weighted by molar-refractivity contribution is 5.93. The van der Waals surface area contributed by atoms with Crippen LogP contribution in [0.3, 0.4) is 0 Å². The number of carbonyl (C=O) groups is 1. The van der Waals surface area contributed by atoms with Crippen molar-refractivity contribution < 1.29 is 14.3 Å². The lowest BCUT2D eigenvalue weighted by atomic mass is 9.71. The SMILES string of the molecule is CCOc1ccc(OCC)c(NC(=O)CC2(CN)CCCCC2)c1.Cl. The maximum Gasteiger partial charge on any atom is 0.225 e. The molecule has 3 N–H and O–H groups in total. The summed E-state index contributed by atoms with van der Waals surface area (Å²) in [6.07, 6.45) is 6.10. The third-order valence-corrected chi connectivity index (χ3v) is 4.72. The van der Waals surface area contributed by atoms with Gasteiger partial charge in [0.2, 0.25) is 5.91 Å². The lowest BCUT2D eigenvalue weighted by Crippen LogP contribution is -2.36. The summed E-state index contributed by atoms with van der Waals surface area (Å²) in [6, 6.07) is 5.51. The van der Waals surface area contributed by atoms with Crippen molar-refractivity contribution in [3.8, 4) is 11.5 Å². The Morgan fingerprint density at radius 3 is 2.44 bits per heavy atom. The molecule has 0 saturated heterocycles. The zero-order valence-corrected chi connectivity index (χ0v) is 16.1. The van der Waals surface area contributed by atoms with Crippen LogP contribution in [0.25, 0.3) is 0 Å². The Balaban J connectivity index is 0.00000312. The molecule has 1 saturated carbocycles. The second-order valence-electron chi connectivity index (χ2n) is 6.51. The van der Waals surface area contributed by atoms with Crippen LogP contribution in [0.4, 0.5) is 5.69 Å². The highest BCUT2D eigenvalue weighted by Crippen LogP contribution is 2.39. The van der Waals surface area contributed by atoms with E-state index in [0.717, 1.165) is 31.4 Å². The van der Waals surface area contributed by atoms with Gasteiger partial charge in [0.05, 0.1) is 18.9 Å². The van der Waals surface area contributed by atoms with Crippen molar-refractivity contribution in [3.63, 3.8) is 0 Å². The van der Waals surface area contributed by atoms with Crippen molar-refractivity contribution in [3.05, 3.63) is 18.2 Å². The number of hydrogen-bond donors (Lipinski definition) is 2. The summed E-state index contributed by atoms with van der Waals surface area (Å²) in [5, 5.41) is 3.00. The van der Waals surface area contributed by atoms with Crippen LogP contribution in [0, 0.1) is 5.41 Å². The van der Waals surface area contributed by atoms with Gasteiger partial charge in [0.25, 0.3) is 0 Å². The molecule has 5 nitrogen and oxygen atoms in total. The fraction of sp³-hybridized carbons (Fsp3) is 0.632. The molecule has 1 fully saturated rings. The van der Waals surface area contributed by atoms with E-state index in [1.54, 1.807) is 0 Å². The first-order valence-corrected chi connectivity index (χ1v) is 9.02. The summed E-state index contributed by atoms with van der Waals surface area (Å²) >= 11 is 0. The largest absolute Gasteiger partial charge is 0.494 e. The molecule has 1 aliphatic rings. The third-order valence-electron chi connectivity index (χ3n) is 4.72. The van der Waals surface area contributed by atoms with Crippen molar-refractivity contribution in [2.45, 2.75) is 52.4 Å². The van der Waals surface area contributed by atoms with Gasteiger partial charge in [0, 0.05) is 12.5 Å². The summed E-state index contributed by atoms with van der Waals surface area (Å²) < 4.78 is 11.1.